The molecule has 1 aliphatic rings. The fraction of sp³-hybridized carbons (Fsp3) is 0.400. The number of hydrogen-bond donors (Lipinski definition) is 1. The Labute approximate surface area is 158 Å². The first-order chi connectivity index (χ1) is 13.0. The van der Waals surface area contributed by atoms with Crippen LogP contribution >= 0.6 is 0 Å². The van der Waals surface area contributed by atoms with Gasteiger partial charge in [0.25, 0.3) is 5.91 Å². The SMILES string of the molecule is COc1cc(CC(=O)N2CCN(C(=O)c3cc[nH]c3)CC2)c(OC)cc1C. The maximum Gasteiger partial charge on any atom is 0.255 e. The fourth-order valence-corrected chi connectivity index (χ4v) is 3.32. The Morgan fingerprint density at radius 2 is 1.70 bits per heavy atom. The standard InChI is InChI=1S/C20H25N3O4/c1-14-10-18(27-3)16(11-17(14)26-2)12-19(24)22-6-8-23(9-7-22)20(25)15-4-5-21-13-15/h4-5,10-11,13,21H,6-9,12H2,1-3H3. The summed E-state index contributed by atoms with van der Waals surface area (Å²) in [6.45, 7) is 4.06. The summed E-state index contributed by atoms with van der Waals surface area (Å²) in [5.74, 6) is 1.43. The monoisotopic (exact) mass is 371 g/mol. The molecule has 7 nitrogen and oxygen atoms in total. The van der Waals surface area contributed by atoms with E-state index in [1.807, 2.05) is 19.1 Å². The highest BCUT2D eigenvalue weighted by Crippen LogP contribution is 2.29. The molecule has 0 spiro atoms. The molecule has 2 amide bonds. The van der Waals surface area contributed by atoms with Crippen molar-refractivity contribution in [2.24, 2.45) is 0 Å². The van der Waals surface area contributed by atoms with E-state index < -0.39 is 0 Å². The second kappa shape index (κ2) is 8.16. The number of carbonyl (C=O) groups is 2. The van der Waals surface area contributed by atoms with Gasteiger partial charge in [-0.15, -0.1) is 0 Å². The smallest absolute Gasteiger partial charge is 0.255 e. The topological polar surface area (TPSA) is 74.9 Å². The maximum atomic E-state index is 12.7. The molecule has 0 aliphatic carbocycles. The number of methoxy groups -OCH3 is 2. The number of carbonyl (C=O) groups excluding carboxylic acids is 2. The number of nitrogens with one attached hydrogen (secondary N) is 1. The number of aromatic nitrogens is 1. The number of aryl methyl sites for hydroxylation is 1. The lowest BCUT2D eigenvalue weighted by Gasteiger charge is -2.34. The van der Waals surface area contributed by atoms with Crippen LogP contribution in [0.4, 0.5) is 0 Å². The molecule has 0 radical (unpaired) electrons. The summed E-state index contributed by atoms with van der Waals surface area (Å²) in [4.78, 5) is 31.6. The third-order valence-corrected chi connectivity index (χ3v) is 4.90. The number of nitrogens with zero attached hydrogens (tertiary/aromatic N) is 2. The molecule has 27 heavy (non-hydrogen) atoms. The molecule has 1 aromatic heterocycles. The summed E-state index contributed by atoms with van der Waals surface area (Å²) >= 11 is 0. The second-order valence-electron chi connectivity index (χ2n) is 6.58. The van der Waals surface area contributed by atoms with Gasteiger partial charge in [0, 0.05) is 44.1 Å². The average molecular weight is 371 g/mol. The van der Waals surface area contributed by atoms with Crippen LogP contribution in [-0.4, -0.2) is 67.0 Å². The summed E-state index contributed by atoms with van der Waals surface area (Å²) in [7, 11) is 3.21. The maximum absolute atomic E-state index is 12.7. The molecule has 1 aromatic carbocycles. The van der Waals surface area contributed by atoms with E-state index in [9.17, 15) is 9.59 Å². The van der Waals surface area contributed by atoms with Gasteiger partial charge in [0.15, 0.2) is 0 Å². The summed E-state index contributed by atoms with van der Waals surface area (Å²) in [6.07, 6.45) is 3.67. The number of hydrogen-bond acceptors (Lipinski definition) is 4. The van der Waals surface area contributed by atoms with Gasteiger partial charge >= 0.3 is 0 Å². The summed E-state index contributed by atoms with van der Waals surface area (Å²) < 4.78 is 10.8. The van der Waals surface area contributed by atoms with E-state index in [1.165, 1.54) is 0 Å². The summed E-state index contributed by atoms with van der Waals surface area (Å²) in [6, 6.07) is 5.50. The van der Waals surface area contributed by atoms with Crippen molar-refractivity contribution in [2.45, 2.75) is 13.3 Å². The molecule has 1 aliphatic heterocycles. The number of ether oxygens (including phenoxy) is 2. The molecule has 1 fully saturated rings. The van der Waals surface area contributed by atoms with Gasteiger partial charge in [-0.05, 0) is 30.7 Å². The number of H-pyrrole nitrogens is 1. The molecule has 0 unspecified atom stereocenters. The van der Waals surface area contributed by atoms with E-state index in [1.54, 1.807) is 42.5 Å². The van der Waals surface area contributed by atoms with Crippen LogP contribution in [0, 0.1) is 6.92 Å². The zero-order chi connectivity index (χ0) is 19.4. The first-order valence-electron chi connectivity index (χ1n) is 8.94. The van der Waals surface area contributed by atoms with Gasteiger partial charge in [-0.3, -0.25) is 9.59 Å². The van der Waals surface area contributed by atoms with Crippen molar-refractivity contribution < 1.29 is 19.1 Å². The highest BCUT2D eigenvalue weighted by molar-refractivity contribution is 5.94. The number of amides is 2. The van der Waals surface area contributed by atoms with Gasteiger partial charge < -0.3 is 24.3 Å². The lowest BCUT2D eigenvalue weighted by atomic mass is 10.1. The van der Waals surface area contributed by atoms with E-state index in [0.29, 0.717) is 37.5 Å². The Kier molecular flexibility index (Phi) is 5.69. The summed E-state index contributed by atoms with van der Waals surface area (Å²) in [5.41, 5.74) is 2.41. The van der Waals surface area contributed by atoms with Gasteiger partial charge in [0.05, 0.1) is 26.2 Å². The third kappa shape index (κ3) is 4.07. The number of benzene rings is 1. The van der Waals surface area contributed by atoms with Gasteiger partial charge in [-0.2, -0.15) is 0 Å². The highest BCUT2D eigenvalue weighted by atomic mass is 16.5. The van der Waals surface area contributed by atoms with Gasteiger partial charge in [0.1, 0.15) is 11.5 Å². The van der Waals surface area contributed by atoms with Crippen molar-refractivity contribution in [1.29, 1.82) is 0 Å². The molecular weight excluding hydrogens is 346 g/mol. The van der Waals surface area contributed by atoms with E-state index in [0.717, 1.165) is 16.9 Å². The van der Waals surface area contributed by atoms with E-state index in [2.05, 4.69) is 4.98 Å². The van der Waals surface area contributed by atoms with Crippen molar-refractivity contribution in [3.05, 3.63) is 47.3 Å². The number of aromatic amines is 1. The number of rotatable bonds is 5. The second-order valence-corrected chi connectivity index (χ2v) is 6.58. The Balaban J connectivity index is 1.62. The van der Waals surface area contributed by atoms with Crippen LogP contribution in [-0.2, 0) is 11.2 Å². The van der Waals surface area contributed by atoms with Crippen LogP contribution in [0.2, 0.25) is 0 Å². The first kappa shape index (κ1) is 18.8. The quantitative estimate of drug-likeness (QED) is 0.871. The van der Waals surface area contributed by atoms with E-state index >= 15 is 0 Å². The van der Waals surface area contributed by atoms with E-state index in [4.69, 9.17) is 9.47 Å². The molecule has 2 heterocycles. The molecule has 3 rings (SSSR count). The first-order valence-corrected chi connectivity index (χ1v) is 8.94. The van der Waals surface area contributed by atoms with Crippen LogP contribution in [0.1, 0.15) is 21.5 Å². The average Bonchev–Trinajstić information content (AvgIpc) is 3.23. The van der Waals surface area contributed by atoms with Crippen molar-refractivity contribution >= 4 is 11.8 Å². The van der Waals surface area contributed by atoms with Crippen LogP contribution in [0.3, 0.4) is 0 Å². The molecule has 0 saturated carbocycles. The van der Waals surface area contributed by atoms with Gasteiger partial charge in [0.2, 0.25) is 5.91 Å². The van der Waals surface area contributed by atoms with E-state index in [-0.39, 0.29) is 18.2 Å². The largest absolute Gasteiger partial charge is 0.496 e. The van der Waals surface area contributed by atoms with Gasteiger partial charge in [-0.1, -0.05) is 0 Å². The normalized spacial score (nSPS) is 14.2. The van der Waals surface area contributed by atoms with Crippen LogP contribution < -0.4 is 9.47 Å². The Morgan fingerprint density at radius 3 is 2.30 bits per heavy atom. The van der Waals surface area contributed by atoms with Crippen LogP contribution in [0.15, 0.2) is 30.6 Å². The molecular formula is C20H25N3O4. The predicted molar refractivity (Wildman–Crippen MR) is 101 cm³/mol. The third-order valence-electron chi connectivity index (χ3n) is 4.90. The zero-order valence-electron chi connectivity index (χ0n) is 15.9. The minimum absolute atomic E-state index is 0.00621. The van der Waals surface area contributed by atoms with Crippen molar-refractivity contribution in [3.63, 3.8) is 0 Å². The minimum Gasteiger partial charge on any atom is -0.496 e. The van der Waals surface area contributed by atoms with Crippen LogP contribution in [0.5, 0.6) is 11.5 Å². The minimum atomic E-state index is -0.00621. The Hall–Kier alpha value is -2.96. The molecule has 7 heteroatoms. The Morgan fingerprint density at radius 1 is 1.04 bits per heavy atom. The fourth-order valence-electron chi connectivity index (χ4n) is 3.32. The Bertz CT molecular complexity index is 809. The lowest BCUT2D eigenvalue weighted by molar-refractivity contribution is -0.131. The number of piperazine rings is 1. The van der Waals surface area contributed by atoms with Gasteiger partial charge in [-0.25, -0.2) is 0 Å². The predicted octanol–water partition coefficient (Wildman–Crippen LogP) is 1.87. The van der Waals surface area contributed by atoms with Crippen molar-refractivity contribution in [2.75, 3.05) is 40.4 Å². The molecule has 0 bridgehead atoms. The molecule has 1 N–H and O–H groups in total. The molecule has 144 valence electrons. The molecule has 2 aromatic rings. The zero-order valence-corrected chi connectivity index (χ0v) is 15.9. The summed E-state index contributed by atoms with van der Waals surface area (Å²) in [5, 5.41) is 0. The van der Waals surface area contributed by atoms with Crippen molar-refractivity contribution in [3.8, 4) is 11.5 Å². The lowest BCUT2D eigenvalue weighted by Crippen LogP contribution is -2.50. The van der Waals surface area contributed by atoms with Crippen molar-refractivity contribution in [1.82, 2.24) is 14.8 Å². The molecule has 0 atom stereocenters. The highest BCUT2D eigenvalue weighted by Gasteiger charge is 2.25. The van der Waals surface area contributed by atoms with Crippen LogP contribution in [0.25, 0.3) is 0 Å². The molecule has 1 saturated heterocycles.